The SMILES string of the molecule is CCOc1ccc(-n2nc3ccc(NC(=O)COc4ccc(OC)cc4)cc3n2)cc1. The molecule has 1 amide bonds. The smallest absolute Gasteiger partial charge is 0.262 e. The van der Waals surface area contributed by atoms with Crippen molar-refractivity contribution in [1.29, 1.82) is 0 Å². The van der Waals surface area contributed by atoms with Crippen LogP contribution < -0.4 is 19.5 Å². The van der Waals surface area contributed by atoms with Crippen molar-refractivity contribution in [3.05, 3.63) is 66.7 Å². The van der Waals surface area contributed by atoms with Crippen molar-refractivity contribution in [3.8, 4) is 22.9 Å². The van der Waals surface area contributed by atoms with Gasteiger partial charge in [0, 0.05) is 5.69 Å². The molecule has 31 heavy (non-hydrogen) atoms. The first-order valence-electron chi connectivity index (χ1n) is 9.81. The van der Waals surface area contributed by atoms with E-state index in [-0.39, 0.29) is 12.5 Å². The van der Waals surface area contributed by atoms with E-state index in [1.165, 1.54) is 0 Å². The van der Waals surface area contributed by atoms with Crippen LogP contribution in [0.3, 0.4) is 0 Å². The molecule has 0 aliphatic heterocycles. The van der Waals surface area contributed by atoms with Crippen LogP contribution in [0.2, 0.25) is 0 Å². The van der Waals surface area contributed by atoms with Crippen LogP contribution in [-0.2, 0) is 4.79 Å². The molecule has 0 saturated carbocycles. The van der Waals surface area contributed by atoms with Gasteiger partial charge in [-0.15, -0.1) is 10.2 Å². The molecule has 0 fully saturated rings. The lowest BCUT2D eigenvalue weighted by Gasteiger charge is -2.08. The van der Waals surface area contributed by atoms with Gasteiger partial charge >= 0.3 is 0 Å². The number of hydrogen-bond donors (Lipinski definition) is 1. The Morgan fingerprint density at radius 2 is 1.52 bits per heavy atom. The predicted octanol–water partition coefficient (Wildman–Crippen LogP) is 3.85. The van der Waals surface area contributed by atoms with Crippen molar-refractivity contribution >= 4 is 22.6 Å². The zero-order valence-corrected chi connectivity index (χ0v) is 17.2. The van der Waals surface area contributed by atoms with E-state index in [0.29, 0.717) is 23.6 Å². The van der Waals surface area contributed by atoms with Crippen LogP contribution in [-0.4, -0.2) is 41.2 Å². The normalized spacial score (nSPS) is 10.6. The molecule has 0 atom stereocenters. The Morgan fingerprint density at radius 1 is 0.871 bits per heavy atom. The number of fused-ring (bicyclic) bond motifs is 1. The summed E-state index contributed by atoms with van der Waals surface area (Å²) in [5.41, 5.74) is 2.83. The average molecular weight is 418 g/mol. The number of methoxy groups -OCH3 is 1. The van der Waals surface area contributed by atoms with Crippen LogP contribution in [0.15, 0.2) is 66.7 Å². The number of amides is 1. The lowest BCUT2D eigenvalue weighted by molar-refractivity contribution is -0.118. The fourth-order valence-electron chi connectivity index (χ4n) is 2.97. The van der Waals surface area contributed by atoms with Gasteiger partial charge < -0.3 is 19.5 Å². The topological polar surface area (TPSA) is 87.5 Å². The van der Waals surface area contributed by atoms with Crippen molar-refractivity contribution < 1.29 is 19.0 Å². The summed E-state index contributed by atoms with van der Waals surface area (Å²) in [6.45, 7) is 2.45. The van der Waals surface area contributed by atoms with Gasteiger partial charge in [0.2, 0.25) is 0 Å². The summed E-state index contributed by atoms with van der Waals surface area (Å²) in [6, 6.07) is 19.9. The quantitative estimate of drug-likeness (QED) is 0.468. The highest BCUT2D eigenvalue weighted by Gasteiger charge is 2.09. The van der Waals surface area contributed by atoms with E-state index < -0.39 is 0 Å². The summed E-state index contributed by atoms with van der Waals surface area (Å²) in [5.74, 6) is 1.84. The highest BCUT2D eigenvalue weighted by atomic mass is 16.5. The summed E-state index contributed by atoms with van der Waals surface area (Å²) >= 11 is 0. The van der Waals surface area contributed by atoms with E-state index in [0.717, 1.165) is 22.7 Å². The Hall–Kier alpha value is -4.07. The number of rotatable bonds is 8. The van der Waals surface area contributed by atoms with Gasteiger partial charge in [-0.05, 0) is 73.7 Å². The number of benzene rings is 3. The Bertz CT molecular complexity index is 1170. The van der Waals surface area contributed by atoms with Gasteiger partial charge in [-0.25, -0.2) is 0 Å². The number of nitrogens with one attached hydrogen (secondary N) is 1. The molecule has 1 N–H and O–H groups in total. The van der Waals surface area contributed by atoms with Crippen molar-refractivity contribution in [2.45, 2.75) is 6.92 Å². The molecule has 0 bridgehead atoms. The molecule has 1 aromatic heterocycles. The summed E-state index contributed by atoms with van der Waals surface area (Å²) < 4.78 is 16.1. The van der Waals surface area contributed by atoms with Gasteiger partial charge in [0.05, 0.1) is 19.4 Å². The predicted molar refractivity (Wildman–Crippen MR) is 117 cm³/mol. The summed E-state index contributed by atoms with van der Waals surface area (Å²) in [6.07, 6.45) is 0. The molecule has 0 radical (unpaired) electrons. The number of aromatic nitrogens is 3. The Labute approximate surface area is 179 Å². The van der Waals surface area contributed by atoms with E-state index in [4.69, 9.17) is 14.2 Å². The minimum atomic E-state index is -0.269. The molecule has 4 rings (SSSR count). The number of hydrogen-bond acceptors (Lipinski definition) is 6. The van der Waals surface area contributed by atoms with Gasteiger partial charge in [-0.1, -0.05) is 0 Å². The lowest BCUT2D eigenvalue weighted by Crippen LogP contribution is -2.20. The molecule has 3 aromatic carbocycles. The van der Waals surface area contributed by atoms with Crippen LogP contribution in [0.25, 0.3) is 16.7 Å². The van der Waals surface area contributed by atoms with E-state index in [1.807, 2.05) is 37.3 Å². The van der Waals surface area contributed by atoms with E-state index >= 15 is 0 Å². The number of nitrogens with zero attached hydrogens (tertiary/aromatic N) is 3. The number of ether oxygens (including phenoxy) is 3. The molecule has 0 aliphatic carbocycles. The van der Waals surface area contributed by atoms with Gasteiger partial charge in [0.25, 0.3) is 5.91 Å². The van der Waals surface area contributed by atoms with Gasteiger partial charge in [-0.3, -0.25) is 4.79 Å². The number of carbonyl (C=O) groups is 1. The molecule has 158 valence electrons. The third-order valence-electron chi connectivity index (χ3n) is 4.47. The summed E-state index contributed by atoms with van der Waals surface area (Å²) in [7, 11) is 1.59. The molecule has 4 aromatic rings. The molecular weight excluding hydrogens is 396 g/mol. The third kappa shape index (κ3) is 4.92. The van der Waals surface area contributed by atoms with E-state index in [9.17, 15) is 4.79 Å². The van der Waals surface area contributed by atoms with Crippen molar-refractivity contribution in [3.63, 3.8) is 0 Å². The second-order valence-electron chi connectivity index (χ2n) is 6.63. The van der Waals surface area contributed by atoms with Crippen LogP contribution in [0.5, 0.6) is 17.2 Å². The zero-order valence-electron chi connectivity index (χ0n) is 17.2. The van der Waals surface area contributed by atoms with Crippen molar-refractivity contribution in [2.75, 3.05) is 25.6 Å². The van der Waals surface area contributed by atoms with Crippen LogP contribution in [0, 0.1) is 0 Å². The fraction of sp³-hybridized carbons (Fsp3) is 0.174. The van der Waals surface area contributed by atoms with E-state index in [2.05, 4.69) is 15.5 Å². The molecule has 0 unspecified atom stereocenters. The third-order valence-corrected chi connectivity index (χ3v) is 4.47. The maximum Gasteiger partial charge on any atom is 0.262 e. The lowest BCUT2D eigenvalue weighted by atomic mass is 10.3. The Balaban J connectivity index is 1.40. The minimum Gasteiger partial charge on any atom is -0.497 e. The highest BCUT2D eigenvalue weighted by molar-refractivity contribution is 5.93. The Kier molecular flexibility index (Phi) is 5.98. The molecule has 0 saturated heterocycles. The first kappa shape index (κ1) is 20.2. The van der Waals surface area contributed by atoms with Gasteiger partial charge in [0.1, 0.15) is 28.3 Å². The first-order chi connectivity index (χ1) is 15.1. The summed E-state index contributed by atoms with van der Waals surface area (Å²) in [5, 5.41) is 11.8. The second kappa shape index (κ2) is 9.17. The van der Waals surface area contributed by atoms with Crippen molar-refractivity contribution in [1.82, 2.24) is 15.0 Å². The number of anilines is 1. The monoisotopic (exact) mass is 418 g/mol. The van der Waals surface area contributed by atoms with Crippen LogP contribution >= 0.6 is 0 Å². The van der Waals surface area contributed by atoms with Crippen LogP contribution in [0.4, 0.5) is 5.69 Å². The fourth-order valence-corrected chi connectivity index (χ4v) is 2.97. The van der Waals surface area contributed by atoms with E-state index in [1.54, 1.807) is 48.3 Å². The maximum atomic E-state index is 12.2. The zero-order chi connectivity index (χ0) is 21.6. The standard InChI is InChI=1S/C23H22N4O4/c1-3-30-19-7-5-17(6-8-19)27-25-21-13-4-16(14-22(21)26-27)24-23(28)15-31-20-11-9-18(29-2)10-12-20/h4-14H,3,15H2,1-2H3,(H,24,28). The first-order valence-corrected chi connectivity index (χ1v) is 9.81. The molecule has 0 spiro atoms. The van der Waals surface area contributed by atoms with Crippen LogP contribution in [0.1, 0.15) is 6.92 Å². The molecule has 8 nitrogen and oxygen atoms in total. The largest absolute Gasteiger partial charge is 0.497 e. The van der Waals surface area contributed by atoms with Gasteiger partial charge in [0.15, 0.2) is 6.61 Å². The summed E-state index contributed by atoms with van der Waals surface area (Å²) in [4.78, 5) is 13.8. The maximum absolute atomic E-state index is 12.2. The Morgan fingerprint density at radius 3 is 2.23 bits per heavy atom. The highest BCUT2D eigenvalue weighted by Crippen LogP contribution is 2.20. The molecule has 0 aliphatic rings. The number of carbonyl (C=O) groups excluding carboxylic acids is 1. The average Bonchev–Trinajstić information content (AvgIpc) is 3.22. The molecule has 8 heteroatoms. The van der Waals surface area contributed by atoms with Crippen molar-refractivity contribution in [2.24, 2.45) is 0 Å². The molecule has 1 heterocycles. The van der Waals surface area contributed by atoms with Gasteiger partial charge in [-0.2, -0.15) is 4.80 Å². The second-order valence-corrected chi connectivity index (χ2v) is 6.63. The minimum absolute atomic E-state index is 0.108. The molecular formula is C23H22N4O4.